The second kappa shape index (κ2) is 15.6. The number of benzene rings is 3. The Hall–Kier alpha value is -4.60. The highest BCUT2D eigenvalue weighted by molar-refractivity contribution is 7.59. The third-order valence-electron chi connectivity index (χ3n) is 6.45. The Morgan fingerprint density at radius 1 is 0.907 bits per heavy atom. The molecule has 0 aliphatic rings. The number of hydrogen-bond acceptors (Lipinski definition) is 5. The van der Waals surface area contributed by atoms with Gasteiger partial charge in [0, 0.05) is 5.56 Å². The summed E-state index contributed by atoms with van der Waals surface area (Å²) >= 11 is 0. The highest BCUT2D eigenvalue weighted by Gasteiger charge is 2.37. The van der Waals surface area contributed by atoms with Crippen LogP contribution in [0.3, 0.4) is 0 Å². The van der Waals surface area contributed by atoms with Crippen molar-refractivity contribution in [2.45, 2.75) is 37.6 Å². The molecule has 0 fully saturated rings. The summed E-state index contributed by atoms with van der Waals surface area (Å²) in [6.45, 7) is 1.61. The summed E-state index contributed by atoms with van der Waals surface area (Å²) in [5, 5.41) is 7.40. The molecule has 12 heteroatoms. The van der Waals surface area contributed by atoms with Gasteiger partial charge >= 0.3 is 0 Å². The van der Waals surface area contributed by atoms with Gasteiger partial charge in [0.1, 0.15) is 29.8 Å². The third kappa shape index (κ3) is 10.0. The first kappa shape index (κ1) is 32.9. The molecular weight excluding hydrogens is 574 g/mol. The number of primary amides is 1. The largest absolute Gasteiger partial charge is 0.368 e. The van der Waals surface area contributed by atoms with E-state index < -0.39 is 60.8 Å². The van der Waals surface area contributed by atoms with Gasteiger partial charge in [-0.2, -0.15) is 0 Å². The first-order valence-electron chi connectivity index (χ1n) is 13.5. The first-order valence-corrected chi connectivity index (χ1v) is 15.4. The quantitative estimate of drug-likeness (QED) is 0.176. The van der Waals surface area contributed by atoms with E-state index in [0.29, 0.717) is 0 Å². The van der Waals surface area contributed by atoms with Crippen LogP contribution in [0.25, 0.3) is 6.08 Å². The number of nitrogens with two attached hydrogens (primary N) is 1. The van der Waals surface area contributed by atoms with Gasteiger partial charge in [-0.05, 0) is 42.2 Å². The molecule has 0 aliphatic carbocycles. The maximum Gasteiger partial charge on any atom is 0.252 e. The van der Waals surface area contributed by atoms with Crippen molar-refractivity contribution in [1.29, 1.82) is 0 Å². The zero-order chi connectivity index (χ0) is 31.4. The maximum absolute atomic E-state index is 13.7. The van der Waals surface area contributed by atoms with Gasteiger partial charge in [0.2, 0.25) is 25.1 Å². The molecule has 0 saturated heterocycles. The standard InChI is InChI=1S/C31H34FN4O6P/c1-2-25(30(40)35-26(28(33)38)18-9-13-21-11-5-3-6-12-21)34-27(37)20-43(41,42)31(22-14-7-4-8-15-22)36-29(39)23-16-10-17-24(32)19-23/h3-17,19,25-26,31H,2,18,20H2,1H3,(H2,33,38)(H,34,37)(H,35,40)(H,36,39)(H,41,42)/b13-9+/t25-,26-,31?/m0/s1. The summed E-state index contributed by atoms with van der Waals surface area (Å²) in [7, 11) is -4.50. The van der Waals surface area contributed by atoms with Crippen molar-refractivity contribution in [3.8, 4) is 0 Å². The average molecular weight is 609 g/mol. The van der Waals surface area contributed by atoms with E-state index in [-0.39, 0.29) is 24.0 Å². The molecule has 0 spiro atoms. The fourth-order valence-electron chi connectivity index (χ4n) is 4.20. The van der Waals surface area contributed by atoms with E-state index in [1.807, 2.05) is 30.3 Å². The Morgan fingerprint density at radius 3 is 2.16 bits per heavy atom. The second-order valence-corrected chi connectivity index (χ2v) is 12.1. The smallest absolute Gasteiger partial charge is 0.252 e. The van der Waals surface area contributed by atoms with Crippen LogP contribution in [0.4, 0.5) is 4.39 Å². The van der Waals surface area contributed by atoms with Crippen LogP contribution in [-0.4, -0.2) is 46.8 Å². The van der Waals surface area contributed by atoms with E-state index in [1.54, 1.807) is 37.3 Å². The molecule has 10 nitrogen and oxygen atoms in total. The minimum atomic E-state index is -4.50. The normalized spacial score (nSPS) is 14.6. The van der Waals surface area contributed by atoms with Crippen LogP contribution in [0.1, 0.15) is 47.0 Å². The summed E-state index contributed by atoms with van der Waals surface area (Å²) < 4.78 is 27.2. The molecule has 3 aromatic carbocycles. The third-order valence-corrected chi connectivity index (χ3v) is 8.42. The molecule has 3 rings (SSSR count). The molecule has 2 unspecified atom stereocenters. The molecular formula is C31H34FN4O6P. The van der Waals surface area contributed by atoms with Gasteiger partial charge in [0.15, 0.2) is 0 Å². The summed E-state index contributed by atoms with van der Waals surface area (Å²) in [5.74, 6) is -5.36. The maximum atomic E-state index is 13.7. The molecule has 4 amide bonds. The van der Waals surface area contributed by atoms with Crippen molar-refractivity contribution in [2.24, 2.45) is 5.73 Å². The minimum absolute atomic E-state index is 0.0734. The fraction of sp³-hybridized carbons (Fsp3) is 0.226. The van der Waals surface area contributed by atoms with Crippen molar-refractivity contribution in [2.75, 3.05) is 6.16 Å². The van der Waals surface area contributed by atoms with Gasteiger partial charge in [-0.3, -0.25) is 23.7 Å². The average Bonchev–Trinajstić information content (AvgIpc) is 2.98. The molecule has 6 N–H and O–H groups in total. The van der Waals surface area contributed by atoms with Gasteiger partial charge in [-0.25, -0.2) is 4.39 Å². The molecule has 3 aromatic rings. The number of amides is 4. The highest BCUT2D eigenvalue weighted by Crippen LogP contribution is 2.53. The predicted octanol–water partition coefficient (Wildman–Crippen LogP) is 3.49. The van der Waals surface area contributed by atoms with Crippen LogP contribution in [0.15, 0.2) is 91.0 Å². The molecule has 4 atom stereocenters. The van der Waals surface area contributed by atoms with E-state index in [0.717, 1.165) is 17.7 Å². The number of nitrogens with one attached hydrogen (secondary N) is 3. The lowest BCUT2D eigenvalue weighted by Gasteiger charge is -2.25. The van der Waals surface area contributed by atoms with Crippen molar-refractivity contribution in [3.05, 3.63) is 114 Å². The topological polar surface area (TPSA) is 168 Å². The Morgan fingerprint density at radius 2 is 1.56 bits per heavy atom. The summed E-state index contributed by atoms with van der Waals surface area (Å²) in [4.78, 5) is 61.7. The molecule has 0 bridgehead atoms. The SMILES string of the molecule is CC[C@H](NC(=O)CP(=O)(O)C(NC(=O)c1cccc(F)c1)c1ccccc1)C(=O)N[C@@H](C/C=C/c1ccccc1)C(N)=O. The summed E-state index contributed by atoms with van der Waals surface area (Å²) in [6, 6.07) is 19.8. The molecule has 0 saturated carbocycles. The minimum Gasteiger partial charge on any atom is -0.368 e. The number of hydrogen-bond donors (Lipinski definition) is 5. The lowest BCUT2D eigenvalue weighted by molar-refractivity contribution is -0.130. The van der Waals surface area contributed by atoms with Crippen LogP contribution in [-0.2, 0) is 18.9 Å². The van der Waals surface area contributed by atoms with E-state index in [2.05, 4.69) is 16.0 Å². The highest BCUT2D eigenvalue weighted by atomic mass is 31.2. The number of halogens is 1. The molecule has 226 valence electrons. The van der Waals surface area contributed by atoms with Gasteiger partial charge in [0.25, 0.3) is 5.91 Å². The Kier molecular flexibility index (Phi) is 11.9. The summed E-state index contributed by atoms with van der Waals surface area (Å²) in [5.41, 5.74) is 6.54. The van der Waals surface area contributed by atoms with E-state index in [4.69, 9.17) is 5.73 Å². The Labute approximate surface area is 249 Å². The predicted molar refractivity (Wildman–Crippen MR) is 161 cm³/mol. The molecule has 0 aliphatic heterocycles. The van der Waals surface area contributed by atoms with E-state index in [1.165, 1.54) is 24.3 Å². The van der Waals surface area contributed by atoms with E-state index in [9.17, 15) is 33.0 Å². The first-order chi connectivity index (χ1) is 20.5. The zero-order valence-corrected chi connectivity index (χ0v) is 24.4. The van der Waals surface area contributed by atoms with Gasteiger partial charge in [-0.1, -0.05) is 85.8 Å². The van der Waals surface area contributed by atoms with Crippen LogP contribution in [0.2, 0.25) is 0 Å². The van der Waals surface area contributed by atoms with Gasteiger partial charge in [-0.15, -0.1) is 0 Å². The summed E-state index contributed by atoms with van der Waals surface area (Å²) in [6.07, 6.45) is 2.75. The molecule has 0 radical (unpaired) electrons. The van der Waals surface area contributed by atoms with Crippen LogP contribution < -0.4 is 21.7 Å². The van der Waals surface area contributed by atoms with E-state index >= 15 is 0 Å². The fourth-order valence-corrected chi connectivity index (χ4v) is 5.84. The van der Waals surface area contributed by atoms with Crippen LogP contribution in [0.5, 0.6) is 0 Å². The number of carbonyl (C=O) groups excluding carboxylic acids is 4. The Balaban J connectivity index is 1.68. The van der Waals surface area contributed by atoms with Gasteiger partial charge in [0.05, 0.1) is 0 Å². The van der Waals surface area contributed by atoms with Crippen molar-refractivity contribution >= 4 is 37.1 Å². The Bertz CT molecular complexity index is 1500. The van der Waals surface area contributed by atoms with Crippen molar-refractivity contribution < 1.29 is 33.0 Å². The molecule has 0 aromatic heterocycles. The van der Waals surface area contributed by atoms with Crippen LogP contribution >= 0.6 is 7.37 Å². The zero-order valence-electron chi connectivity index (χ0n) is 23.5. The van der Waals surface area contributed by atoms with Crippen LogP contribution in [0, 0.1) is 5.82 Å². The monoisotopic (exact) mass is 608 g/mol. The lowest BCUT2D eigenvalue weighted by Crippen LogP contribution is -2.53. The molecule has 43 heavy (non-hydrogen) atoms. The lowest BCUT2D eigenvalue weighted by atomic mass is 10.1. The van der Waals surface area contributed by atoms with Crippen molar-refractivity contribution in [1.82, 2.24) is 16.0 Å². The number of rotatable bonds is 14. The second-order valence-electron chi connectivity index (χ2n) is 9.75. The molecule has 0 heterocycles. The van der Waals surface area contributed by atoms with Gasteiger partial charge < -0.3 is 26.6 Å². The van der Waals surface area contributed by atoms with Crippen molar-refractivity contribution in [3.63, 3.8) is 0 Å². The number of carbonyl (C=O) groups is 4.